The van der Waals surface area contributed by atoms with Crippen molar-refractivity contribution in [2.75, 3.05) is 45.2 Å². The minimum atomic E-state index is -0.989. The Morgan fingerprint density at radius 2 is 1.95 bits per heavy atom. The number of carbonyl (C=O) groups excluding carboxylic acids is 1. The predicted octanol–water partition coefficient (Wildman–Crippen LogP) is 6.22. The molecule has 16 heteroatoms. The summed E-state index contributed by atoms with van der Waals surface area (Å²) in [7, 11) is 4.94. The summed E-state index contributed by atoms with van der Waals surface area (Å²) in [5.41, 5.74) is 0.239. The Hall–Kier alpha value is -5.59. The van der Waals surface area contributed by atoms with Gasteiger partial charge in [0.15, 0.2) is 11.5 Å². The van der Waals surface area contributed by atoms with Crippen molar-refractivity contribution in [1.29, 1.82) is 0 Å². The number of phenols is 1. The van der Waals surface area contributed by atoms with E-state index in [4.69, 9.17) is 32.7 Å². The van der Waals surface area contributed by atoms with Gasteiger partial charge in [-0.3, -0.25) is 19.1 Å². The lowest BCUT2D eigenvalue weighted by Crippen LogP contribution is -2.43. The van der Waals surface area contributed by atoms with Crippen LogP contribution in [0.15, 0.2) is 30.5 Å². The second-order valence-corrected chi connectivity index (χ2v) is 15.5. The third-order valence-electron chi connectivity index (χ3n) is 11.4. The smallest absolute Gasteiger partial charge is 0.319 e. The van der Waals surface area contributed by atoms with E-state index in [0.717, 1.165) is 19.4 Å². The summed E-state index contributed by atoms with van der Waals surface area (Å²) < 4.78 is 57.4. The van der Waals surface area contributed by atoms with Crippen LogP contribution in [0, 0.1) is 24.0 Å². The van der Waals surface area contributed by atoms with E-state index in [1.807, 2.05) is 4.90 Å². The fraction of sp³-hybridized carbons (Fsp3) is 0.375. The molecule has 3 aromatic heterocycles. The van der Waals surface area contributed by atoms with Crippen molar-refractivity contribution in [2.45, 2.75) is 50.5 Å². The fourth-order valence-corrected chi connectivity index (χ4v) is 9.15. The maximum absolute atomic E-state index is 17.8. The number of fused-ring (bicyclic) bond motifs is 6. The number of alkyl halides is 1. The molecule has 0 unspecified atom stereocenters. The summed E-state index contributed by atoms with van der Waals surface area (Å²) in [5.74, 6) is 0.707. The van der Waals surface area contributed by atoms with Crippen molar-refractivity contribution in [3.63, 3.8) is 0 Å². The highest BCUT2D eigenvalue weighted by Crippen LogP contribution is 2.46. The molecule has 2 atom stereocenters. The zero-order chi connectivity index (χ0) is 39.2. The van der Waals surface area contributed by atoms with Crippen molar-refractivity contribution < 1.29 is 27.8 Å². The van der Waals surface area contributed by atoms with Crippen LogP contribution in [0.1, 0.15) is 47.4 Å². The lowest BCUT2D eigenvalue weighted by Gasteiger charge is -2.31. The van der Waals surface area contributed by atoms with Crippen molar-refractivity contribution in [2.24, 2.45) is 7.05 Å². The second kappa shape index (κ2) is 13.3. The molecule has 3 aliphatic heterocycles. The van der Waals surface area contributed by atoms with Crippen LogP contribution in [0.5, 0.6) is 11.8 Å². The number of anilines is 1. The molecular weight excluding hydrogens is 747 g/mol. The largest absolute Gasteiger partial charge is 0.508 e. The second-order valence-electron chi connectivity index (χ2n) is 15.1. The van der Waals surface area contributed by atoms with E-state index < -0.39 is 23.3 Å². The summed E-state index contributed by atoms with van der Waals surface area (Å²) in [5, 5.41) is 21.8. The Morgan fingerprint density at radius 3 is 2.73 bits per heavy atom. The first kappa shape index (κ1) is 36.1. The minimum Gasteiger partial charge on any atom is -0.508 e. The number of benzene rings is 3. The highest BCUT2D eigenvalue weighted by atomic mass is 35.5. The van der Waals surface area contributed by atoms with Crippen LogP contribution in [-0.4, -0.2) is 102 Å². The zero-order valence-electron chi connectivity index (χ0n) is 30.9. The van der Waals surface area contributed by atoms with Crippen LogP contribution < -0.4 is 9.64 Å². The van der Waals surface area contributed by atoms with Gasteiger partial charge >= 0.3 is 6.01 Å². The van der Waals surface area contributed by atoms with Crippen LogP contribution in [0.4, 0.5) is 19.0 Å². The average Bonchev–Trinajstić information content (AvgIpc) is 3.86. The molecule has 2 saturated heterocycles. The van der Waals surface area contributed by atoms with Gasteiger partial charge in [0, 0.05) is 69.7 Å². The molecule has 0 spiro atoms. The van der Waals surface area contributed by atoms with Crippen LogP contribution in [-0.2, 0) is 20.1 Å². The lowest BCUT2D eigenvalue weighted by molar-refractivity contribution is 0.0821. The number of hydrogen-bond donors (Lipinski definition) is 1. The summed E-state index contributed by atoms with van der Waals surface area (Å²) in [6.45, 7) is 2.23. The maximum atomic E-state index is 17.8. The molecule has 0 saturated carbocycles. The molecule has 1 amide bonds. The van der Waals surface area contributed by atoms with Crippen molar-refractivity contribution >= 4 is 55.9 Å². The van der Waals surface area contributed by atoms with Gasteiger partial charge in [0.2, 0.25) is 0 Å². The van der Waals surface area contributed by atoms with Crippen molar-refractivity contribution in [3.05, 3.63) is 64.1 Å². The third-order valence-corrected chi connectivity index (χ3v) is 11.8. The molecular formula is C40H37ClF3N9O3. The number of halogens is 4. The SMILES string of the molecule is C#Cc1c(F)ccc2cc(O)cc(-c3c(F)c4nc(OC[C@@]56CCCN5C[C@H](F)C6)nc(N5CCCn6nc(C(=O)N(C)C)c(Cl)c6C5)c4c4cn(C)nc34)c12. The number of terminal acetylenes is 1. The molecule has 0 radical (unpaired) electrons. The van der Waals surface area contributed by atoms with E-state index in [9.17, 15) is 14.3 Å². The zero-order valence-corrected chi connectivity index (χ0v) is 31.7. The summed E-state index contributed by atoms with van der Waals surface area (Å²) in [6.07, 6.45) is 9.07. The third kappa shape index (κ3) is 5.60. The number of aromatic hydroxyl groups is 1. The van der Waals surface area contributed by atoms with Crippen molar-refractivity contribution in [1.82, 2.24) is 39.3 Å². The van der Waals surface area contributed by atoms with E-state index in [1.54, 1.807) is 32.0 Å². The minimum absolute atomic E-state index is 0.0489. The molecule has 2 fully saturated rings. The van der Waals surface area contributed by atoms with Gasteiger partial charge in [0.1, 0.15) is 41.2 Å². The first-order valence-electron chi connectivity index (χ1n) is 18.4. The normalized spacial score (nSPS) is 19.8. The van der Waals surface area contributed by atoms with E-state index in [1.165, 1.54) is 33.8 Å². The Kier molecular flexibility index (Phi) is 8.55. The molecule has 6 aromatic rings. The number of hydrogen-bond acceptors (Lipinski definition) is 9. The van der Waals surface area contributed by atoms with Gasteiger partial charge in [0.25, 0.3) is 5.91 Å². The number of amides is 1. The number of carbonyl (C=O) groups is 1. The molecule has 1 N–H and O–H groups in total. The molecule has 288 valence electrons. The molecule has 3 aromatic carbocycles. The Morgan fingerprint density at radius 1 is 1.12 bits per heavy atom. The lowest BCUT2D eigenvalue weighted by atomic mass is 9.91. The summed E-state index contributed by atoms with van der Waals surface area (Å²) in [6, 6.07) is 5.33. The van der Waals surface area contributed by atoms with Crippen molar-refractivity contribution in [3.8, 4) is 35.2 Å². The average molecular weight is 784 g/mol. The molecule has 56 heavy (non-hydrogen) atoms. The first-order chi connectivity index (χ1) is 26.9. The predicted molar refractivity (Wildman–Crippen MR) is 206 cm³/mol. The monoisotopic (exact) mass is 783 g/mol. The van der Waals surface area contributed by atoms with E-state index in [-0.39, 0.29) is 74.6 Å². The quantitative estimate of drug-likeness (QED) is 0.197. The van der Waals surface area contributed by atoms with Crippen LogP contribution in [0.2, 0.25) is 5.02 Å². The fourth-order valence-electron chi connectivity index (χ4n) is 8.88. The highest BCUT2D eigenvalue weighted by molar-refractivity contribution is 6.34. The highest BCUT2D eigenvalue weighted by Gasteiger charge is 2.49. The maximum Gasteiger partial charge on any atom is 0.319 e. The molecule has 0 aliphatic carbocycles. The van der Waals surface area contributed by atoms with Crippen LogP contribution in [0.25, 0.3) is 43.7 Å². The number of rotatable bonds is 6. The molecule has 9 rings (SSSR count). The Bertz CT molecular complexity index is 2670. The van der Waals surface area contributed by atoms with Gasteiger partial charge in [-0.05, 0) is 55.0 Å². The molecule has 0 bridgehead atoms. The Balaban J connectivity index is 1.29. The molecule has 6 heterocycles. The number of aryl methyl sites for hydroxylation is 2. The van der Waals surface area contributed by atoms with Crippen LogP contribution in [0.3, 0.4) is 0 Å². The standard InChI is InChI=1S/C40H37ClF3N9O3/c1-5-24-27(43)9-8-21-14-23(54)15-25(29(21)24)30-33(44)35-31(26-18-50(4)47-34(26)30)37(46-39(45-35)56-20-40-10-6-12-52(40)17-22(42)16-40)51-11-7-13-53-28(19-51)32(41)36(48-53)38(55)49(2)3/h1,8-9,14-15,18,22,54H,6-7,10-13,16-17,19-20H2,2-4H3/t22-,40+/m1/s1. The number of phenolic OH excluding ortho intramolecular Hbond substituents is 1. The summed E-state index contributed by atoms with van der Waals surface area (Å²) >= 11 is 6.86. The van der Waals surface area contributed by atoms with Gasteiger partial charge < -0.3 is 19.6 Å². The number of ether oxygens (including phenoxy) is 1. The van der Waals surface area contributed by atoms with E-state index in [0.29, 0.717) is 60.1 Å². The number of nitrogens with zero attached hydrogens (tertiary/aromatic N) is 9. The Labute approximate surface area is 324 Å². The van der Waals surface area contributed by atoms with Gasteiger partial charge in [-0.15, -0.1) is 6.42 Å². The van der Waals surface area contributed by atoms with Gasteiger partial charge in [0.05, 0.1) is 33.7 Å². The number of aromatic nitrogens is 6. The van der Waals surface area contributed by atoms with Gasteiger partial charge in [-0.25, -0.2) is 13.2 Å². The van der Waals surface area contributed by atoms with Gasteiger partial charge in [-0.2, -0.15) is 20.2 Å². The summed E-state index contributed by atoms with van der Waals surface area (Å²) in [4.78, 5) is 28.1. The molecule has 12 nitrogen and oxygen atoms in total. The van der Waals surface area contributed by atoms with Crippen LogP contribution >= 0.6 is 11.6 Å². The van der Waals surface area contributed by atoms with E-state index >= 15 is 8.78 Å². The van der Waals surface area contributed by atoms with Gasteiger partial charge in [-0.1, -0.05) is 23.6 Å². The van der Waals surface area contributed by atoms with E-state index in [2.05, 4.69) is 21.0 Å². The first-order valence-corrected chi connectivity index (χ1v) is 18.8. The molecule has 3 aliphatic rings. The topological polar surface area (TPSA) is 118 Å².